The molecule has 2 aromatic rings. The van der Waals surface area contributed by atoms with E-state index in [0.29, 0.717) is 24.9 Å². The molecule has 0 bridgehead atoms. The lowest BCUT2D eigenvalue weighted by atomic mass is 10.3. The Morgan fingerprint density at radius 1 is 0.955 bits per heavy atom. The van der Waals surface area contributed by atoms with Crippen LogP contribution in [0.2, 0.25) is 0 Å². The Labute approximate surface area is 136 Å². The second-order valence-electron chi connectivity index (χ2n) is 4.38. The predicted molar refractivity (Wildman–Crippen MR) is 90.7 cm³/mol. The fourth-order valence-electron chi connectivity index (χ4n) is 1.73. The van der Waals surface area contributed by atoms with Crippen molar-refractivity contribution in [1.29, 1.82) is 0 Å². The van der Waals surface area contributed by atoms with Gasteiger partial charge in [0.05, 0.1) is 13.2 Å². The fraction of sp³-hybridized carbons (Fsp3) is 0.235. The number of benzene rings is 2. The van der Waals surface area contributed by atoms with Gasteiger partial charge in [0.2, 0.25) is 0 Å². The third kappa shape index (κ3) is 5.61. The van der Waals surface area contributed by atoms with E-state index in [9.17, 15) is 0 Å². The van der Waals surface area contributed by atoms with E-state index in [-0.39, 0.29) is 0 Å². The molecule has 1 N–H and O–H groups in total. The first-order valence-electron chi connectivity index (χ1n) is 7.14. The van der Waals surface area contributed by atoms with Gasteiger partial charge in [-0.25, -0.2) is 0 Å². The molecule has 22 heavy (non-hydrogen) atoms. The van der Waals surface area contributed by atoms with Crippen molar-refractivity contribution in [3.63, 3.8) is 0 Å². The van der Waals surface area contributed by atoms with Crippen LogP contribution in [-0.2, 0) is 4.74 Å². The van der Waals surface area contributed by atoms with Crippen LogP contribution in [0.5, 0.6) is 17.2 Å². The van der Waals surface area contributed by atoms with Gasteiger partial charge in [0.25, 0.3) is 5.17 Å². The Kier molecular flexibility index (Phi) is 6.51. The molecule has 0 aliphatic carbocycles. The minimum absolute atomic E-state index is 0.401. The molecule has 0 heterocycles. The topological polar surface area (TPSA) is 39.7 Å². The van der Waals surface area contributed by atoms with Gasteiger partial charge in [-0.3, -0.25) is 0 Å². The van der Waals surface area contributed by atoms with E-state index in [2.05, 4.69) is 5.32 Å². The number of para-hydroxylation sites is 1. The molecule has 0 unspecified atom stereocenters. The first-order valence-corrected chi connectivity index (χ1v) is 7.55. The van der Waals surface area contributed by atoms with Gasteiger partial charge in [-0.2, -0.15) is 0 Å². The SMILES string of the molecule is CCOC(=S)NCCOc1ccc(Oc2ccccc2)cc1. The highest BCUT2D eigenvalue weighted by Gasteiger charge is 1.99. The Bertz CT molecular complexity index is 572. The van der Waals surface area contributed by atoms with E-state index in [1.807, 2.05) is 61.5 Å². The van der Waals surface area contributed by atoms with E-state index < -0.39 is 0 Å². The summed E-state index contributed by atoms with van der Waals surface area (Å²) < 4.78 is 16.4. The third-order valence-electron chi connectivity index (χ3n) is 2.72. The molecule has 0 amide bonds. The molecule has 5 heteroatoms. The second-order valence-corrected chi connectivity index (χ2v) is 4.75. The summed E-state index contributed by atoms with van der Waals surface area (Å²) in [7, 11) is 0. The largest absolute Gasteiger partial charge is 0.492 e. The summed E-state index contributed by atoms with van der Waals surface area (Å²) in [5, 5.41) is 3.36. The van der Waals surface area contributed by atoms with Crippen LogP contribution in [0.15, 0.2) is 54.6 Å². The Morgan fingerprint density at radius 3 is 2.27 bits per heavy atom. The highest BCUT2D eigenvalue weighted by atomic mass is 32.1. The van der Waals surface area contributed by atoms with Crippen LogP contribution in [0.4, 0.5) is 0 Å². The second kappa shape index (κ2) is 8.89. The molecule has 0 radical (unpaired) electrons. The maximum atomic E-state index is 5.72. The van der Waals surface area contributed by atoms with Gasteiger partial charge >= 0.3 is 0 Å². The normalized spacial score (nSPS) is 9.86. The van der Waals surface area contributed by atoms with E-state index in [1.165, 1.54) is 0 Å². The molecule has 0 aliphatic heterocycles. The molecule has 2 rings (SSSR count). The van der Waals surface area contributed by atoms with Crippen LogP contribution in [-0.4, -0.2) is 24.9 Å². The lowest BCUT2D eigenvalue weighted by Gasteiger charge is -2.10. The molecular weight excluding hydrogens is 298 g/mol. The van der Waals surface area contributed by atoms with Gasteiger partial charge in [-0.15, -0.1) is 0 Å². The molecule has 4 nitrogen and oxygen atoms in total. The molecular formula is C17H19NO3S. The number of nitrogens with one attached hydrogen (secondary N) is 1. The summed E-state index contributed by atoms with van der Waals surface area (Å²) in [6.07, 6.45) is 0. The zero-order chi connectivity index (χ0) is 15.6. The van der Waals surface area contributed by atoms with Gasteiger partial charge < -0.3 is 19.5 Å². The number of rotatable bonds is 7. The molecule has 0 spiro atoms. The summed E-state index contributed by atoms with van der Waals surface area (Å²) in [6.45, 7) is 3.56. The quantitative estimate of drug-likeness (QED) is 0.622. The minimum Gasteiger partial charge on any atom is -0.492 e. The van der Waals surface area contributed by atoms with Crippen molar-refractivity contribution in [2.45, 2.75) is 6.92 Å². The smallest absolute Gasteiger partial charge is 0.256 e. The Hall–Kier alpha value is -2.27. The number of thiocarbonyl (C=S) groups is 1. The van der Waals surface area contributed by atoms with Gasteiger partial charge in [0.1, 0.15) is 23.9 Å². The lowest BCUT2D eigenvalue weighted by molar-refractivity contribution is 0.297. The number of ether oxygens (including phenoxy) is 3. The van der Waals surface area contributed by atoms with Crippen LogP contribution >= 0.6 is 12.2 Å². The maximum absolute atomic E-state index is 5.72. The minimum atomic E-state index is 0.401. The van der Waals surface area contributed by atoms with E-state index in [0.717, 1.165) is 17.2 Å². The summed E-state index contributed by atoms with van der Waals surface area (Å²) in [5.74, 6) is 2.36. The molecule has 0 saturated heterocycles. The van der Waals surface area contributed by atoms with Crippen molar-refractivity contribution >= 4 is 17.4 Å². The van der Waals surface area contributed by atoms with Crippen LogP contribution in [0.3, 0.4) is 0 Å². The monoisotopic (exact) mass is 317 g/mol. The summed E-state index contributed by atoms with van der Waals surface area (Å²) in [5.41, 5.74) is 0. The third-order valence-corrected chi connectivity index (χ3v) is 2.98. The van der Waals surface area contributed by atoms with Crippen molar-refractivity contribution in [1.82, 2.24) is 5.32 Å². The van der Waals surface area contributed by atoms with Gasteiger partial charge in [-0.05, 0) is 55.5 Å². The Morgan fingerprint density at radius 2 is 1.59 bits per heavy atom. The summed E-state index contributed by atoms with van der Waals surface area (Å²) >= 11 is 4.96. The first-order chi connectivity index (χ1) is 10.8. The number of hydrogen-bond donors (Lipinski definition) is 1. The van der Waals surface area contributed by atoms with Crippen molar-refractivity contribution < 1.29 is 14.2 Å². The molecule has 116 valence electrons. The highest BCUT2D eigenvalue weighted by molar-refractivity contribution is 7.80. The number of hydrogen-bond acceptors (Lipinski definition) is 4. The van der Waals surface area contributed by atoms with Crippen molar-refractivity contribution in [3.8, 4) is 17.2 Å². The zero-order valence-electron chi connectivity index (χ0n) is 12.5. The van der Waals surface area contributed by atoms with E-state index in [1.54, 1.807) is 0 Å². The average molecular weight is 317 g/mol. The van der Waals surface area contributed by atoms with Gasteiger partial charge in [0.15, 0.2) is 0 Å². The van der Waals surface area contributed by atoms with Crippen molar-refractivity contribution in [3.05, 3.63) is 54.6 Å². The molecule has 0 atom stereocenters. The van der Waals surface area contributed by atoms with Gasteiger partial charge in [-0.1, -0.05) is 18.2 Å². The standard InChI is InChI=1S/C17H19NO3S/c1-2-19-17(22)18-12-13-20-14-8-10-16(11-9-14)21-15-6-4-3-5-7-15/h3-11H,2,12-13H2,1H3,(H,18,22). The highest BCUT2D eigenvalue weighted by Crippen LogP contribution is 2.23. The molecule has 0 fully saturated rings. The van der Waals surface area contributed by atoms with E-state index in [4.69, 9.17) is 26.4 Å². The predicted octanol–water partition coefficient (Wildman–Crippen LogP) is 3.77. The molecule has 2 aromatic carbocycles. The van der Waals surface area contributed by atoms with Gasteiger partial charge in [0, 0.05) is 0 Å². The maximum Gasteiger partial charge on any atom is 0.256 e. The van der Waals surface area contributed by atoms with E-state index >= 15 is 0 Å². The van der Waals surface area contributed by atoms with Crippen LogP contribution < -0.4 is 14.8 Å². The molecule has 0 aliphatic rings. The van der Waals surface area contributed by atoms with Crippen LogP contribution in [0.25, 0.3) is 0 Å². The average Bonchev–Trinajstić information content (AvgIpc) is 2.54. The Balaban J connectivity index is 1.74. The van der Waals surface area contributed by atoms with Crippen molar-refractivity contribution in [2.24, 2.45) is 0 Å². The summed E-state index contributed by atoms with van der Waals surface area (Å²) in [6, 6.07) is 17.2. The molecule has 0 aromatic heterocycles. The summed E-state index contributed by atoms with van der Waals surface area (Å²) in [4.78, 5) is 0. The lowest BCUT2D eigenvalue weighted by Crippen LogP contribution is -2.28. The fourth-order valence-corrected chi connectivity index (χ4v) is 1.95. The molecule has 0 saturated carbocycles. The van der Waals surface area contributed by atoms with Crippen molar-refractivity contribution in [2.75, 3.05) is 19.8 Å². The first kappa shape index (κ1) is 16.1. The zero-order valence-corrected chi connectivity index (χ0v) is 13.3. The van der Waals surface area contributed by atoms with Crippen LogP contribution in [0, 0.1) is 0 Å². The van der Waals surface area contributed by atoms with Crippen LogP contribution in [0.1, 0.15) is 6.92 Å².